The lowest BCUT2D eigenvalue weighted by atomic mass is 9.83. The van der Waals surface area contributed by atoms with Crippen LogP contribution in [0.15, 0.2) is 54.6 Å². The highest BCUT2D eigenvalue weighted by molar-refractivity contribution is 6.30. The summed E-state index contributed by atoms with van der Waals surface area (Å²) in [6.45, 7) is -0.245. The summed E-state index contributed by atoms with van der Waals surface area (Å²) < 4.78 is 77.8. The van der Waals surface area contributed by atoms with E-state index in [9.17, 15) is 31.9 Å². The van der Waals surface area contributed by atoms with Crippen molar-refractivity contribution in [3.8, 4) is 17.1 Å². The second-order valence-electron chi connectivity index (χ2n) is 9.86. The molecule has 1 aromatic heterocycles. The number of fused-ring (bicyclic) bond motifs is 1. The summed E-state index contributed by atoms with van der Waals surface area (Å²) in [7, 11) is 0. The van der Waals surface area contributed by atoms with Gasteiger partial charge in [0, 0.05) is 22.7 Å². The molecule has 1 fully saturated rings. The smallest absolute Gasteiger partial charge is 0.419 e. The summed E-state index contributed by atoms with van der Waals surface area (Å²) in [5, 5.41) is 9.67. The first-order valence-corrected chi connectivity index (χ1v) is 13.1. The van der Waals surface area contributed by atoms with Gasteiger partial charge in [0.05, 0.1) is 28.2 Å². The predicted molar refractivity (Wildman–Crippen MR) is 140 cm³/mol. The fraction of sp³-hybridized carbons (Fsp3) is 0.310. The standard InChI is InChI=1S/C29H24ClF5N2O3/c30-19-9-6-17(7-10-19)27-36-23-13-21(31)22(32)14-24(23)37(27)25(16-4-2-1-3-5-16)15-40-26-11-8-18(28(38)39)12-20(26)29(33,34)35/h6-14,16,25H,1-5,15H2,(H,38,39). The van der Waals surface area contributed by atoms with Crippen molar-refractivity contribution in [2.45, 2.75) is 44.3 Å². The number of alkyl halides is 3. The van der Waals surface area contributed by atoms with Crippen molar-refractivity contribution < 1.29 is 36.6 Å². The third kappa shape index (κ3) is 5.63. The predicted octanol–water partition coefficient (Wildman–Crippen LogP) is 8.55. The van der Waals surface area contributed by atoms with E-state index in [2.05, 4.69) is 4.98 Å². The van der Waals surface area contributed by atoms with Crippen LogP contribution in [-0.4, -0.2) is 27.2 Å². The Morgan fingerprint density at radius 1 is 1.02 bits per heavy atom. The number of carbonyl (C=O) groups is 1. The van der Waals surface area contributed by atoms with Crippen LogP contribution in [0.1, 0.15) is 54.1 Å². The highest BCUT2D eigenvalue weighted by Crippen LogP contribution is 2.41. The van der Waals surface area contributed by atoms with Crippen molar-refractivity contribution >= 4 is 28.6 Å². The van der Waals surface area contributed by atoms with E-state index in [1.807, 2.05) is 0 Å². The van der Waals surface area contributed by atoms with Crippen molar-refractivity contribution in [3.05, 3.63) is 82.4 Å². The largest absolute Gasteiger partial charge is 0.491 e. The van der Waals surface area contributed by atoms with E-state index in [4.69, 9.17) is 16.3 Å². The number of aromatic nitrogens is 2. The molecule has 1 atom stereocenters. The molecule has 0 radical (unpaired) electrons. The van der Waals surface area contributed by atoms with E-state index in [0.29, 0.717) is 22.5 Å². The molecule has 1 aliphatic carbocycles. The van der Waals surface area contributed by atoms with Gasteiger partial charge in [0.25, 0.3) is 0 Å². The second kappa shape index (κ2) is 11.1. The first kappa shape index (κ1) is 27.9. The van der Waals surface area contributed by atoms with Gasteiger partial charge in [-0.15, -0.1) is 0 Å². The molecule has 1 N–H and O–H groups in total. The zero-order chi connectivity index (χ0) is 28.6. The summed E-state index contributed by atoms with van der Waals surface area (Å²) in [5.74, 6) is -3.86. The number of hydrogen-bond acceptors (Lipinski definition) is 3. The average molecular weight is 579 g/mol. The summed E-state index contributed by atoms with van der Waals surface area (Å²) in [6.07, 6.45) is -0.559. The molecular weight excluding hydrogens is 555 g/mol. The van der Waals surface area contributed by atoms with Crippen LogP contribution in [0.3, 0.4) is 0 Å². The summed E-state index contributed by atoms with van der Waals surface area (Å²) in [6, 6.07) is 10.7. The maximum absolute atomic E-state index is 14.5. The molecular formula is C29H24ClF5N2O3. The summed E-state index contributed by atoms with van der Waals surface area (Å²) in [5.41, 5.74) is -0.668. The number of imidazole rings is 1. The molecule has 1 saturated carbocycles. The Morgan fingerprint density at radius 2 is 1.70 bits per heavy atom. The van der Waals surface area contributed by atoms with Crippen molar-refractivity contribution in [1.82, 2.24) is 9.55 Å². The summed E-state index contributed by atoms with van der Waals surface area (Å²) >= 11 is 6.07. The maximum Gasteiger partial charge on any atom is 0.419 e. The van der Waals surface area contributed by atoms with E-state index >= 15 is 0 Å². The number of rotatable bonds is 7. The third-order valence-corrected chi connectivity index (χ3v) is 7.55. The molecule has 1 heterocycles. The normalized spacial score (nSPS) is 15.3. The van der Waals surface area contributed by atoms with Gasteiger partial charge in [-0.2, -0.15) is 13.2 Å². The minimum Gasteiger partial charge on any atom is -0.491 e. The molecule has 5 rings (SSSR count). The lowest BCUT2D eigenvalue weighted by Gasteiger charge is -2.33. The quantitative estimate of drug-likeness (QED) is 0.223. The Morgan fingerprint density at radius 3 is 2.35 bits per heavy atom. The highest BCUT2D eigenvalue weighted by Gasteiger charge is 2.36. The Balaban J connectivity index is 1.64. The molecule has 1 aliphatic rings. The summed E-state index contributed by atoms with van der Waals surface area (Å²) in [4.78, 5) is 15.9. The molecule has 5 nitrogen and oxygen atoms in total. The number of carboxylic acids is 1. The van der Waals surface area contributed by atoms with Gasteiger partial charge in [0.2, 0.25) is 0 Å². The van der Waals surface area contributed by atoms with E-state index in [1.54, 1.807) is 28.8 Å². The van der Waals surface area contributed by atoms with Crippen molar-refractivity contribution in [1.29, 1.82) is 0 Å². The molecule has 0 aliphatic heterocycles. The van der Waals surface area contributed by atoms with Gasteiger partial charge < -0.3 is 14.4 Å². The van der Waals surface area contributed by atoms with Crippen molar-refractivity contribution in [3.63, 3.8) is 0 Å². The number of halogens is 6. The fourth-order valence-electron chi connectivity index (χ4n) is 5.35. The maximum atomic E-state index is 14.5. The number of hydrogen-bond donors (Lipinski definition) is 1. The lowest BCUT2D eigenvalue weighted by Crippen LogP contribution is -2.28. The van der Waals surface area contributed by atoms with Crippen molar-refractivity contribution in [2.75, 3.05) is 6.61 Å². The molecule has 0 amide bonds. The van der Waals surface area contributed by atoms with Gasteiger partial charge in [0.1, 0.15) is 18.2 Å². The Labute approximate surface area is 231 Å². The van der Waals surface area contributed by atoms with E-state index < -0.39 is 46.7 Å². The Bertz CT molecular complexity index is 1550. The zero-order valence-electron chi connectivity index (χ0n) is 21.0. The van der Waals surface area contributed by atoms with Gasteiger partial charge in [-0.05, 0) is 61.2 Å². The zero-order valence-corrected chi connectivity index (χ0v) is 21.8. The minimum absolute atomic E-state index is 0.0575. The minimum atomic E-state index is -4.86. The van der Waals surface area contributed by atoms with Gasteiger partial charge in [0.15, 0.2) is 11.6 Å². The molecule has 3 aromatic carbocycles. The molecule has 40 heavy (non-hydrogen) atoms. The van der Waals surface area contributed by atoms with Gasteiger partial charge in [-0.25, -0.2) is 18.6 Å². The lowest BCUT2D eigenvalue weighted by molar-refractivity contribution is -0.139. The molecule has 0 spiro atoms. The second-order valence-corrected chi connectivity index (χ2v) is 10.3. The fourth-order valence-corrected chi connectivity index (χ4v) is 5.48. The van der Waals surface area contributed by atoms with Crippen LogP contribution < -0.4 is 4.74 Å². The van der Waals surface area contributed by atoms with E-state index in [1.165, 1.54) is 0 Å². The van der Waals surface area contributed by atoms with Crippen molar-refractivity contribution in [2.24, 2.45) is 5.92 Å². The number of carboxylic acid groups (broad SMARTS) is 1. The van der Waals surface area contributed by atoms with Gasteiger partial charge in [-0.3, -0.25) is 0 Å². The number of nitrogens with zero attached hydrogens (tertiary/aromatic N) is 2. The average Bonchev–Trinajstić information content (AvgIpc) is 3.27. The van der Waals surface area contributed by atoms with Gasteiger partial charge >= 0.3 is 12.1 Å². The molecule has 210 valence electrons. The van der Waals surface area contributed by atoms with Gasteiger partial charge in [-0.1, -0.05) is 30.9 Å². The first-order chi connectivity index (χ1) is 19.0. The molecule has 0 saturated heterocycles. The van der Waals surface area contributed by atoms with E-state index in [0.717, 1.165) is 56.4 Å². The monoisotopic (exact) mass is 578 g/mol. The Kier molecular flexibility index (Phi) is 7.72. The molecule has 11 heteroatoms. The SMILES string of the molecule is O=C(O)c1ccc(OCC(C2CCCCC2)n2c(-c3ccc(Cl)cc3)nc3cc(F)c(F)cc32)c(C(F)(F)F)c1. The van der Waals surface area contributed by atoms with Crippen LogP contribution in [0.25, 0.3) is 22.4 Å². The molecule has 1 unspecified atom stereocenters. The topological polar surface area (TPSA) is 64.3 Å². The van der Waals surface area contributed by atoms with E-state index in [-0.39, 0.29) is 23.6 Å². The Hall–Kier alpha value is -3.66. The number of ether oxygens (including phenoxy) is 1. The van der Waals surface area contributed by atoms with Crippen LogP contribution in [-0.2, 0) is 6.18 Å². The number of aromatic carboxylic acids is 1. The van der Waals surface area contributed by atoms with Crippen LogP contribution in [0.2, 0.25) is 5.02 Å². The third-order valence-electron chi connectivity index (χ3n) is 7.30. The van der Waals surface area contributed by atoms with Crippen LogP contribution >= 0.6 is 11.6 Å². The number of benzene rings is 3. The van der Waals surface area contributed by atoms with Crippen LogP contribution in [0.5, 0.6) is 5.75 Å². The molecule has 0 bridgehead atoms. The van der Waals surface area contributed by atoms with Crippen LogP contribution in [0.4, 0.5) is 22.0 Å². The van der Waals surface area contributed by atoms with Crippen LogP contribution in [0, 0.1) is 17.6 Å². The highest BCUT2D eigenvalue weighted by atomic mass is 35.5. The first-order valence-electron chi connectivity index (χ1n) is 12.7. The molecule has 4 aromatic rings.